The predicted molar refractivity (Wildman–Crippen MR) is 71.8 cm³/mol. The molecule has 1 aliphatic rings. The van der Waals surface area contributed by atoms with E-state index in [2.05, 4.69) is 10.3 Å². The Kier molecular flexibility index (Phi) is 3.10. The summed E-state index contributed by atoms with van der Waals surface area (Å²) in [5, 5.41) is 12.1. The summed E-state index contributed by atoms with van der Waals surface area (Å²) in [6.45, 7) is 0. The summed E-state index contributed by atoms with van der Waals surface area (Å²) in [5.74, 6) is -0.565. The van der Waals surface area contributed by atoms with Crippen LogP contribution in [0.1, 0.15) is 17.9 Å². The molecule has 0 spiro atoms. The molecule has 2 aromatic rings. The molecule has 102 valence electrons. The van der Waals surface area contributed by atoms with E-state index in [1.165, 1.54) is 24.4 Å². The molecule has 1 aromatic heterocycles. The Balaban J connectivity index is 1.68. The van der Waals surface area contributed by atoms with Crippen molar-refractivity contribution in [1.29, 1.82) is 0 Å². The average molecular weight is 272 g/mol. The van der Waals surface area contributed by atoms with Gasteiger partial charge in [-0.2, -0.15) is 0 Å². The Labute approximate surface area is 115 Å². The van der Waals surface area contributed by atoms with Gasteiger partial charge in [-0.1, -0.05) is 12.1 Å². The number of pyridine rings is 1. The maximum absolute atomic E-state index is 13.1. The van der Waals surface area contributed by atoms with Crippen molar-refractivity contribution in [2.24, 2.45) is 5.92 Å². The first-order valence-electron chi connectivity index (χ1n) is 6.35. The third-order valence-electron chi connectivity index (χ3n) is 3.43. The fourth-order valence-corrected chi connectivity index (χ4v) is 2.29. The summed E-state index contributed by atoms with van der Waals surface area (Å²) in [7, 11) is 0. The van der Waals surface area contributed by atoms with E-state index in [1.54, 1.807) is 12.1 Å². The van der Waals surface area contributed by atoms with E-state index in [4.69, 9.17) is 0 Å². The SMILES string of the molecule is O=C(Nc1ncccc1O)[C@H]1C[C@H]1c1cccc(F)c1. The largest absolute Gasteiger partial charge is 0.504 e. The lowest BCUT2D eigenvalue weighted by atomic mass is 10.1. The highest BCUT2D eigenvalue weighted by Gasteiger charge is 2.44. The van der Waals surface area contributed by atoms with E-state index in [0.29, 0.717) is 6.42 Å². The minimum Gasteiger partial charge on any atom is -0.504 e. The van der Waals surface area contributed by atoms with E-state index in [0.717, 1.165) is 5.56 Å². The van der Waals surface area contributed by atoms with Gasteiger partial charge in [0.15, 0.2) is 11.6 Å². The minimum absolute atomic E-state index is 0.0385. The maximum atomic E-state index is 13.1. The number of nitrogens with zero attached hydrogens (tertiary/aromatic N) is 1. The van der Waals surface area contributed by atoms with Gasteiger partial charge in [-0.05, 0) is 42.2 Å². The molecule has 0 radical (unpaired) electrons. The van der Waals surface area contributed by atoms with Crippen LogP contribution in [-0.4, -0.2) is 16.0 Å². The summed E-state index contributed by atoms with van der Waals surface area (Å²) < 4.78 is 13.1. The third kappa shape index (κ3) is 2.47. The number of rotatable bonds is 3. The second kappa shape index (κ2) is 4.92. The van der Waals surface area contributed by atoms with Crippen molar-refractivity contribution in [3.05, 3.63) is 54.0 Å². The lowest BCUT2D eigenvalue weighted by Gasteiger charge is -2.05. The van der Waals surface area contributed by atoms with Crippen LogP contribution in [0.2, 0.25) is 0 Å². The van der Waals surface area contributed by atoms with E-state index < -0.39 is 0 Å². The molecule has 0 bridgehead atoms. The van der Waals surface area contributed by atoms with Crippen LogP contribution < -0.4 is 5.32 Å². The molecule has 2 atom stereocenters. The Hall–Kier alpha value is -2.43. The Morgan fingerprint density at radius 2 is 2.20 bits per heavy atom. The van der Waals surface area contributed by atoms with Crippen molar-refractivity contribution in [2.45, 2.75) is 12.3 Å². The number of carbonyl (C=O) groups is 1. The highest BCUT2D eigenvalue weighted by molar-refractivity contribution is 5.95. The first-order valence-corrected chi connectivity index (χ1v) is 6.35. The van der Waals surface area contributed by atoms with Crippen LogP contribution in [0.25, 0.3) is 0 Å². The van der Waals surface area contributed by atoms with E-state index >= 15 is 0 Å². The molecule has 5 heteroatoms. The molecule has 0 unspecified atom stereocenters. The van der Waals surface area contributed by atoms with Crippen molar-refractivity contribution in [3.8, 4) is 5.75 Å². The normalized spacial score (nSPS) is 20.4. The minimum atomic E-state index is -0.295. The molecule has 1 aromatic carbocycles. The first kappa shape index (κ1) is 12.6. The first-order chi connectivity index (χ1) is 9.65. The van der Waals surface area contributed by atoms with Gasteiger partial charge in [0.1, 0.15) is 5.82 Å². The van der Waals surface area contributed by atoms with Crippen LogP contribution in [0, 0.1) is 11.7 Å². The fraction of sp³-hybridized carbons (Fsp3) is 0.200. The second-order valence-electron chi connectivity index (χ2n) is 4.86. The summed E-state index contributed by atoms with van der Waals surface area (Å²) in [6.07, 6.45) is 2.18. The quantitative estimate of drug-likeness (QED) is 0.903. The van der Waals surface area contributed by atoms with Crippen LogP contribution >= 0.6 is 0 Å². The predicted octanol–water partition coefficient (Wildman–Crippen LogP) is 2.67. The zero-order valence-electron chi connectivity index (χ0n) is 10.6. The second-order valence-corrected chi connectivity index (χ2v) is 4.86. The molecule has 3 rings (SSSR count). The number of anilines is 1. The number of benzene rings is 1. The summed E-state index contributed by atoms with van der Waals surface area (Å²) in [6, 6.07) is 9.34. The van der Waals surface area contributed by atoms with E-state index in [-0.39, 0.29) is 35.1 Å². The van der Waals surface area contributed by atoms with Crippen molar-refractivity contribution in [3.63, 3.8) is 0 Å². The molecule has 2 N–H and O–H groups in total. The molecule has 1 saturated carbocycles. The molecule has 0 saturated heterocycles. The maximum Gasteiger partial charge on any atom is 0.229 e. The number of nitrogens with one attached hydrogen (secondary N) is 1. The number of aromatic hydroxyl groups is 1. The van der Waals surface area contributed by atoms with Crippen LogP contribution in [-0.2, 0) is 4.79 Å². The van der Waals surface area contributed by atoms with Gasteiger partial charge in [-0.25, -0.2) is 9.37 Å². The van der Waals surface area contributed by atoms with Crippen molar-refractivity contribution in [1.82, 2.24) is 4.98 Å². The van der Waals surface area contributed by atoms with Gasteiger partial charge in [0.05, 0.1) is 0 Å². The Morgan fingerprint density at radius 1 is 1.35 bits per heavy atom. The average Bonchev–Trinajstić information content (AvgIpc) is 3.22. The number of amides is 1. The zero-order chi connectivity index (χ0) is 14.1. The van der Waals surface area contributed by atoms with Crippen LogP contribution in [0.3, 0.4) is 0 Å². The van der Waals surface area contributed by atoms with E-state index in [1.807, 2.05) is 6.07 Å². The van der Waals surface area contributed by atoms with Gasteiger partial charge in [-0.3, -0.25) is 4.79 Å². The molecule has 20 heavy (non-hydrogen) atoms. The number of hydrogen-bond acceptors (Lipinski definition) is 3. The molecule has 0 aliphatic heterocycles. The topological polar surface area (TPSA) is 62.2 Å². The molecule has 4 nitrogen and oxygen atoms in total. The van der Waals surface area contributed by atoms with Gasteiger partial charge in [0.2, 0.25) is 5.91 Å². The van der Waals surface area contributed by atoms with Gasteiger partial charge >= 0.3 is 0 Å². The molecule has 1 amide bonds. The van der Waals surface area contributed by atoms with Crippen molar-refractivity contribution < 1.29 is 14.3 Å². The van der Waals surface area contributed by atoms with Gasteiger partial charge < -0.3 is 10.4 Å². The van der Waals surface area contributed by atoms with Crippen molar-refractivity contribution >= 4 is 11.7 Å². The molecular weight excluding hydrogens is 259 g/mol. The summed E-state index contributed by atoms with van der Waals surface area (Å²) in [5.41, 5.74) is 0.829. The highest BCUT2D eigenvalue weighted by atomic mass is 19.1. The highest BCUT2D eigenvalue weighted by Crippen LogP contribution is 2.48. The van der Waals surface area contributed by atoms with Gasteiger partial charge in [0, 0.05) is 12.1 Å². The molecular formula is C15H13FN2O2. The third-order valence-corrected chi connectivity index (χ3v) is 3.43. The molecule has 1 fully saturated rings. The number of halogens is 1. The standard InChI is InChI=1S/C15H13FN2O2/c16-10-4-1-3-9(7-10)11-8-12(11)15(20)18-14-13(19)5-2-6-17-14/h1-7,11-12,19H,8H2,(H,17,18,20)/t11-,12-/m0/s1. The van der Waals surface area contributed by atoms with Gasteiger partial charge in [0.25, 0.3) is 0 Å². The number of carbonyl (C=O) groups excluding carboxylic acids is 1. The van der Waals surface area contributed by atoms with Gasteiger partial charge in [-0.15, -0.1) is 0 Å². The van der Waals surface area contributed by atoms with Crippen LogP contribution in [0.4, 0.5) is 10.2 Å². The van der Waals surface area contributed by atoms with E-state index in [9.17, 15) is 14.3 Å². The fourth-order valence-electron chi connectivity index (χ4n) is 2.29. The van der Waals surface area contributed by atoms with Crippen molar-refractivity contribution in [2.75, 3.05) is 5.32 Å². The Bertz CT molecular complexity index is 660. The number of hydrogen-bond donors (Lipinski definition) is 2. The summed E-state index contributed by atoms with van der Waals surface area (Å²) >= 11 is 0. The lowest BCUT2D eigenvalue weighted by molar-refractivity contribution is -0.117. The monoisotopic (exact) mass is 272 g/mol. The van der Waals surface area contributed by atoms with Crippen LogP contribution in [0.15, 0.2) is 42.6 Å². The Morgan fingerprint density at radius 3 is 2.95 bits per heavy atom. The van der Waals surface area contributed by atoms with Crippen LogP contribution in [0.5, 0.6) is 5.75 Å². The molecule has 1 heterocycles. The number of aromatic nitrogens is 1. The lowest BCUT2D eigenvalue weighted by Crippen LogP contribution is -2.15. The zero-order valence-corrected chi connectivity index (χ0v) is 10.6. The smallest absolute Gasteiger partial charge is 0.229 e. The summed E-state index contributed by atoms with van der Waals surface area (Å²) in [4.78, 5) is 15.9. The molecule has 1 aliphatic carbocycles.